The lowest BCUT2D eigenvalue weighted by Crippen LogP contribution is -2.20. The maximum Gasteiger partial charge on any atom is 0.264 e. The molecule has 0 radical (unpaired) electrons. The molecule has 134 valence electrons. The predicted molar refractivity (Wildman–Crippen MR) is 100.0 cm³/mol. The highest BCUT2D eigenvalue weighted by Gasteiger charge is 2.11. The molecule has 26 heavy (non-hydrogen) atoms. The number of hydrogen-bond donors (Lipinski definition) is 1. The summed E-state index contributed by atoms with van der Waals surface area (Å²) in [7, 11) is 0. The van der Waals surface area contributed by atoms with Crippen LogP contribution in [-0.2, 0) is 4.79 Å². The molecule has 1 aromatic heterocycles. The molecule has 7 heteroatoms. The Kier molecular flexibility index (Phi) is 5.58. The van der Waals surface area contributed by atoms with Gasteiger partial charge >= 0.3 is 0 Å². The maximum absolute atomic E-state index is 13.5. The number of nitrogens with one attached hydrogen (secondary N) is 1. The fourth-order valence-electron chi connectivity index (χ4n) is 2.26. The summed E-state index contributed by atoms with van der Waals surface area (Å²) >= 11 is 1.27. The van der Waals surface area contributed by atoms with Crippen LogP contribution in [0.25, 0.3) is 10.6 Å². The largest absolute Gasteiger partial charge is 0.481 e. The average molecular weight is 371 g/mol. The molecule has 3 rings (SSSR count). The quantitative estimate of drug-likeness (QED) is 0.694. The number of nitrogens with zero attached hydrogens (tertiary/aromatic N) is 2. The molecule has 0 atom stereocenters. The summed E-state index contributed by atoms with van der Waals surface area (Å²) in [6, 6.07) is 14.0. The Labute approximate surface area is 154 Å². The van der Waals surface area contributed by atoms with Gasteiger partial charge in [0.25, 0.3) is 5.91 Å². The van der Waals surface area contributed by atoms with Crippen LogP contribution in [0.3, 0.4) is 0 Å². The molecule has 5 nitrogen and oxygen atoms in total. The standard InChI is InChI=1S/C19H18FN3O2S/c1-12(2)13-7-9-14(10-8-13)18-22-23-19(26-18)21-17(24)11-25-16-6-4-3-5-15(16)20/h3-10,12H,11H2,1-2H3,(H,21,23,24). The van der Waals surface area contributed by atoms with Gasteiger partial charge in [0.05, 0.1) is 0 Å². The first-order valence-electron chi connectivity index (χ1n) is 8.14. The average Bonchev–Trinajstić information content (AvgIpc) is 3.09. The third kappa shape index (κ3) is 4.43. The van der Waals surface area contributed by atoms with Crippen LogP contribution in [-0.4, -0.2) is 22.7 Å². The van der Waals surface area contributed by atoms with Crippen LogP contribution >= 0.6 is 11.3 Å². The molecule has 0 fully saturated rings. The van der Waals surface area contributed by atoms with Crippen LogP contribution in [0.15, 0.2) is 48.5 Å². The van der Waals surface area contributed by atoms with E-state index < -0.39 is 11.7 Å². The number of para-hydroxylation sites is 1. The molecule has 0 bridgehead atoms. The van der Waals surface area contributed by atoms with Gasteiger partial charge < -0.3 is 4.74 Å². The fourth-order valence-corrected chi connectivity index (χ4v) is 3.03. The zero-order valence-corrected chi connectivity index (χ0v) is 15.2. The first-order chi connectivity index (χ1) is 12.5. The Morgan fingerprint density at radius 3 is 2.58 bits per heavy atom. The Morgan fingerprint density at radius 2 is 1.88 bits per heavy atom. The van der Waals surface area contributed by atoms with Crippen LogP contribution in [0.1, 0.15) is 25.3 Å². The number of rotatable bonds is 6. The minimum Gasteiger partial charge on any atom is -0.481 e. The Bertz CT molecular complexity index is 894. The first kappa shape index (κ1) is 18.0. The second-order valence-electron chi connectivity index (χ2n) is 5.96. The van der Waals surface area contributed by atoms with Crippen molar-refractivity contribution in [3.63, 3.8) is 0 Å². The fraction of sp³-hybridized carbons (Fsp3) is 0.211. The van der Waals surface area contributed by atoms with E-state index in [1.165, 1.54) is 29.0 Å². The van der Waals surface area contributed by atoms with Crippen molar-refractivity contribution in [1.82, 2.24) is 10.2 Å². The van der Waals surface area contributed by atoms with Crippen LogP contribution in [0.5, 0.6) is 5.75 Å². The van der Waals surface area contributed by atoms with Crippen molar-refractivity contribution < 1.29 is 13.9 Å². The van der Waals surface area contributed by atoms with Gasteiger partial charge in [-0.25, -0.2) is 4.39 Å². The highest BCUT2D eigenvalue weighted by Crippen LogP contribution is 2.27. The second-order valence-corrected chi connectivity index (χ2v) is 6.93. The summed E-state index contributed by atoms with van der Waals surface area (Å²) in [5.74, 6) is -0.442. The first-order valence-corrected chi connectivity index (χ1v) is 8.95. The third-order valence-electron chi connectivity index (χ3n) is 3.69. The van der Waals surface area contributed by atoms with Crippen molar-refractivity contribution >= 4 is 22.4 Å². The zero-order chi connectivity index (χ0) is 18.5. The predicted octanol–water partition coefficient (Wildman–Crippen LogP) is 4.49. The number of carbonyl (C=O) groups excluding carboxylic acids is 1. The number of carbonyl (C=O) groups is 1. The van der Waals surface area contributed by atoms with Crippen molar-refractivity contribution in [2.24, 2.45) is 0 Å². The normalized spacial score (nSPS) is 10.8. The van der Waals surface area contributed by atoms with E-state index >= 15 is 0 Å². The minimum absolute atomic E-state index is 0.0332. The maximum atomic E-state index is 13.5. The molecule has 0 saturated heterocycles. The smallest absolute Gasteiger partial charge is 0.264 e. The summed E-state index contributed by atoms with van der Waals surface area (Å²) in [5, 5.41) is 11.8. The lowest BCUT2D eigenvalue weighted by atomic mass is 10.0. The van der Waals surface area contributed by atoms with Crippen molar-refractivity contribution in [2.45, 2.75) is 19.8 Å². The van der Waals surface area contributed by atoms with Crippen molar-refractivity contribution in [3.8, 4) is 16.3 Å². The van der Waals surface area contributed by atoms with Gasteiger partial charge in [-0.05, 0) is 23.6 Å². The number of halogens is 1. The monoisotopic (exact) mass is 371 g/mol. The van der Waals surface area contributed by atoms with Crippen molar-refractivity contribution in [3.05, 3.63) is 59.9 Å². The van der Waals surface area contributed by atoms with E-state index in [9.17, 15) is 9.18 Å². The van der Waals surface area contributed by atoms with Gasteiger partial charge in [0.2, 0.25) is 5.13 Å². The van der Waals surface area contributed by atoms with E-state index in [2.05, 4.69) is 41.5 Å². The topological polar surface area (TPSA) is 64.1 Å². The van der Waals surface area contributed by atoms with Gasteiger partial charge in [0.15, 0.2) is 18.2 Å². The Morgan fingerprint density at radius 1 is 1.15 bits per heavy atom. The lowest BCUT2D eigenvalue weighted by molar-refractivity contribution is -0.118. The number of hydrogen-bond acceptors (Lipinski definition) is 5. The molecule has 1 amide bonds. The van der Waals surface area contributed by atoms with Gasteiger partial charge in [-0.15, -0.1) is 10.2 Å². The van der Waals surface area contributed by atoms with E-state index in [1.54, 1.807) is 12.1 Å². The molecule has 0 saturated carbocycles. The summed E-state index contributed by atoms with van der Waals surface area (Å²) < 4.78 is 18.6. The summed E-state index contributed by atoms with van der Waals surface area (Å²) in [5.41, 5.74) is 2.19. The van der Waals surface area contributed by atoms with E-state index in [-0.39, 0.29) is 12.4 Å². The van der Waals surface area contributed by atoms with Gasteiger partial charge in [-0.2, -0.15) is 0 Å². The van der Waals surface area contributed by atoms with E-state index in [4.69, 9.17) is 4.74 Å². The van der Waals surface area contributed by atoms with Gasteiger partial charge in [-0.3, -0.25) is 10.1 Å². The molecular formula is C19H18FN3O2S. The molecule has 0 aliphatic rings. The number of aromatic nitrogens is 2. The number of ether oxygens (including phenoxy) is 1. The molecule has 0 aliphatic heterocycles. The van der Waals surface area contributed by atoms with Crippen LogP contribution in [0.2, 0.25) is 0 Å². The lowest BCUT2D eigenvalue weighted by Gasteiger charge is -2.06. The Balaban J connectivity index is 1.59. The molecule has 0 aliphatic carbocycles. The number of benzene rings is 2. The number of anilines is 1. The van der Waals surface area contributed by atoms with Gasteiger partial charge in [-0.1, -0.05) is 61.6 Å². The third-order valence-corrected chi connectivity index (χ3v) is 4.58. The van der Waals surface area contributed by atoms with Crippen molar-refractivity contribution in [2.75, 3.05) is 11.9 Å². The van der Waals surface area contributed by atoms with Gasteiger partial charge in [0.1, 0.15) is 5.01 Å². The van der Waals surface area contributed by atoms with Crippen LogP contribution in [0.4, 0.5) is 9.52 Å². The van der Waals surface area contributed by atoms with E-state index in [0.29, 0.717) is 16.1 Å². The summed E-state index contributed by atoms with van der Waals surface area (Å²) in [4.78, 5) is 11.9. The van der Waals surface area contributed by atoms with Crippen LogP contribution in [0, 0.1) is 5.82 Å². The molecule has 0 spiro atoms. The molecular weight excluding hydrogens is 353 g/mol. The molecule has 0 unspecified atom stereocenters. The molecule has 1 N–H and O–H groups in total. The van der Waals surface area contributed by atoms with E-state index in [1.807, 2.05) is 12.1 Å². The minimum atomic E-state index is -0.511. The highest BCUT2D eigenvalue weighted by atomic mass is 32.1. The van der Waals surface area contributed by atoms with Gasteiger partial charge in [0, 0.05) is 5.56 Å². The summed E-state index contributed by atoms with van der Waals surface area (Å²) in [6.45, 7) is 3.97. The highest BCUT2D eigenvalue weighted by molar-refractivity contribution is 7.18. The second kappa shape index (κ2) is 8.05. The molecule has 3 aromatic rings. The van der Waals surface area contributed by atoms with E-state index in [0.717, 1.165) is 5.56 Å². The zero-order valence-electron chi connectivity index (χ0n) is 14.4. The van der Waals surface area contributed by atoms with Crippen molar-refractivity contribution in [1.29, 1.82) is 0 Å². The van der Waals surface area contributed by atoms with Crippen LogP contribution < -0.4 is 10.1 Å². The Hall–Kier alpha value is -2.80. The molecule has 1 heterocycles. The SMILES string of the molecule is CC(C)c1ccc(-c2nnc(NC(=O)COc3ccccc3F)s2)cc1. The summed E-state index contributed by atoms with van der Waals surface area (Å²) in [6.07, 6.45) is 0. The molecule has 2 aromatic carbocycles. The number of amides is 1.